The molecule has 0 bridgehead atoms. The van der Waals surface area contributed by atoms with Crippen molar-refractivity contribution in [3.63, 3.8) is 0 Å². The topological polar surface area (TPSA) is 76.2 Å². The Morgan fingerprint density at radius 3 is 2.90 bits per heavy atom. The number of nitrogens with zero attached hydrogens (tertiary/aromatic N) is 2. The van der Waals surface area contributed by atoms with Crippen molar-refractivity contribution < 1.29 is 23.9 Å². The summed E-state index contributed by atoms with van der Waals surface area (Å²) in [5.41, 5.74) is 1.98. The summed E-state index contributed by atoms with van der Waals surface area (Å²) < 4.78 is 10.9. The number of esters is 1. The minimum absolute atomic E-state index is 0.0238. The molecule has 2 aromatic rings. The molecule has 8 heteroatoms. The van der Waals surface area contributed by atoms with E-state index in [4.69, 9.17) is 9.47 Å². The van der Waals surface area contributed by atoms with Crippen LogP contribution in [0.1, 0.15) is 35.0 Å². The number of fused-ring (bicyclic) bond motifs is 3. The number of thiophene rings is 1. The molecule has 164 valence electrons. The van der Waals surface area contributed by atoms with Crippen LogP contribution >= 0.6 is 11.3 Å². The van der Waals surface area contributed by atoms with E-state index in [1.807, 2.05) is 30.3 Å². The number of benzene rings is 1. The van der Waals surface area contributed by atoms with Crippen molar-refractivity contribution in [1.82, 2.24) is 9.80 Å². The van der Waals surface area contributed by atoms with Crippen LogP contribution in [-0.2, 0) is 20.9 Å². The molecule has 0 N–H and O–H groups in total. The number of likely N-dealkylation sites (tertiary alicyclic amines) is 1. The molecule has 0 radical (unpaired) electrons. The first-order chi connectivity index (χ1) is 15.0. The van der Waals surface area contributed by atoms with Crippen molar-refractivity contribution >= 4 is 29.1 Å². The molecule has 3 heterocycles. The third-order valence-electron chi connectivity index (χ3n) is 5.65. The fraction of sp³-hybridized carbons (Fsp3) is 0.435. The van der Waals surface area contributed by atoms with Crippen LogP contribution in [-0.4, -0.2) is 60.9 Å². The summed E-state index contributed by atoms with van der Waals surface area (Å²) in [5.74, 6) is -0.0662. The lowest BCUT2D eigenvalue weighted by molar-refractivity contribution is -0.151. The molecule has 1 aromatic carbocycles. The van der Waals surface area contributed by atoms with Crippen molar-refractivity contribution in [3.05, 3.63) is 40.8 Å². The maximum atomic E-state index is 13.0. The van der Waals surface area contributed by atoms with Crippen molar-refractivity contribution in [2.75, 3.05) is 33.3 Å². The third kappa shape index (κ3) is 4.44. The lowest BCUT2D eigenvalue weighted by atomic mass is 9.98. The number of ether oxygens (including phenoxy) is 2. The zero-order chi connectivity index (χ0) is 22.0. The Hall–Kier alpha value is -2.87. The Morgan fingerprint density at radius 2 is 2.10 bits per heavy atom. The maximum absolute atomic E-state index is 13.0. The van der Waals surface area contributed by atoms with Gasteiger partial charge in [-0.15, -0.1) is 11.3 Å². The van der Waals surface area contributed by atoms with Gasteiger partial charge in [0.05, 0.1) is 23.9 Å². The zero-order valence-electron chi connectivity index (χ0n) is 17.8. The molecular formula is C23H26N2O5S. The molecule has 7 nitrogen and oxygen atoms in total. The molecule has 31 heavy (non-hydrogen) atoms. The number of para-hydroxylation sites is 1. The lowest BCUT2D eigenvalue weighted by Crippen LogP contribution is -2.47. The van der Waals surface area contributed by atoms with E-state index in [-0.39, 0.29) is 30.2 Å². The second-order valence-electron chi connectivity index (χ2n) is 7.84. The largest absolute Gasteiger partial charge is 0.488 e. The van der Waals surface area contributed by atoms with E-state index in [1.54, 1.807) is 18.9 Å². The van der Waals surface area contributed by atoms with Crippen molar-refractivity contribution in [3.8, 4) is 16.2 Å². The fourth-order valence-electron chi connectivity index (χ4n) is 4.02. The van der Waals surface area contributed by atoms with Crippen molar-refractivity contribution in [2.24, 2.45) is 5.92 Å². The molecular weight excluding hydrogens is 416 g/mol. The van der Waals surface area contributed by atoms with Gasteiger partial charge in [-0.2, -0.15) is 0 Å². The number of hydrogen-bond donors (Lipinski definition) is 0. The highest BCUT2D eigenvalue weighted by atomic mass is 32.1. The Bertz CT molecular complexity index is 1000. The first-order valence-electron chi connectivity index (χ1n) is 10.5. The molecule has 1 atom stereocenters. The highest BCUT2D eigenvalue weighted by Gasteiger charge is 2.31. The monoisotopic (exact) mass is 442 g/mol. The van der Waals surface area contributed by atoms with E-state index in [2.05, 4.69) is 0 Å². The summed E-state index contributed by atoms with van der Waals surface area (Å²) in [6.07, 6.45) is 1.48. The lowest BCUT2D eigenvalue weighted by Gasteiger charge is -2.32. The smallest absolute Gasteiger partial charge is 0.310 e. The van der Waals surface area contributed by atoms with E-state index >= 15 is 0 Å². The second kappa shape index (κ2) is 9.09. The number of rotatable bonds is 5. The SMILES string of the molecule is CCOC(=O)C1CCCN(C(=O)CN(C)C(=O)c2cc3c(s2)-c2ccccc2OC3)C1. The van der Waals surface area contributed by atoms with Crippen LogP contribution in [0.4, 0.5) is 0 Å². The quantitative estimate of drug-likeness (QED) is 0.665. The van der Waals surface area contributed by atoms with E-state index < -0.39 is 0 Å². The Morgan fingerprint density at radius 1 is 1.29 bits per heavy atom. The van der Waals surface area contributed by atoms with Gasteiger partial charge in [-0.3, -0.25) is 14.4 Å². The number of hydrogen-bond acceptors (Lipinski definition) is 6. The van der Waals surface area contributed by atoms with E-state index in [0.717, 1.165) is 34.6 Å². The van der Waals surface area contributed by atoms with Gasteiger partial charge in [0.25, 0.3) is 5.91 Å². The van der Waals surface area contributed by atoms with Gasteiger partial charge in [-0.1, -0.05) is 12.1 Å². The highest BCUT2D eigenvalue weighted by molar-refractivity contribution is 7.17. The zero-order valence-corrected chi connectivity index (χ0v) is 18.6. The van der Waals surface area contributed by atoms with Crippen LogP contribution < -0.4 is 4.74 Å². The Kier molecular flexibility index (Phi) is 6.27. The third-order valence-corrected chi connectivity index (χ3v) is 6.85. The first-order valence-corrected chi connectivity index (χ1v) is 11.3. The molecule has 1 fully saturated rings. The average Bonchev–Trinajstić information content (AvgIpc) is 3.23. The molecule has 0 saturated carbocycles. The normalized spacial score (nSPS) is 17.2. The van der Waals surface area contributed by atoms with E-state index in [9.17, 15) is 14.4 Å². The number of amides is 2. The van der Waals surface area contributed by atoms with Gasteiger partial charge in [0.15, 0.2) is 0 Å². The van der Waals surface area contributed by atoms with Crippen LogP contribution in [0.3, 0.4) is 0 Å². The van der Waals surface area contributed by atoms with Gasteiger partial charge in [0, 0.05) is 36.1 Å². The van der Waals surface area contributed by atoms with Crippen LogP contribution in [0, 0.1) is 5.92 Å². The maximum Gasteiger partial charge on any atom is 0.310 e. The van der Waals surface area contributed by atoms with Crippen LogP contribution in [0.15, 0.2) is 30.3 Å². The van der Waals surface area contributed by atoms with Gasteiger partial charge in [0.2, 0.25) is 5.91 Å². The molecule has 1 saturated heterocycles. The van der Waals surface area contributed by atoms with Gasteiger partial charge in [-0.25, -0.2) is 0 Å². The summed E-state index contributed by atoms with van der Waals surface area (Å²) in [4.78, 5) is 42.6. The van der Waals surface area contributed by atoms with Gasteiger partial charge < -0.3 is 19.3 Å². The molecule has 2 amide bonds. The molecule has 2 aliphatic heterocycles. The summed E-state index contributed by atoms with van der Waals surface area (Å²) in [6.45, 7) is 3.46. The summed E-state index contributed by atoms with van der Waals surface area (Å²) in [6, 6.07) is 9.65. The summed E-state index contributed by atoms with van der Waals surface area (Å²) in [7, 11) is 1.64. The van der Waals surface area contributed by atoms with Crippen LogP contribution in [0.25, 0.3) is 10.4 Å². The van der Waals surface area contributed by atoms with E-state index in [0.29, 0.717) is 31.2 Å². The van der Waals surface area contributed by atoms with Crippen molar-refractivity contribution in [1.29, 1.82) is 0 Å². The minimum Gasteiger partial charge on any atom is -0.488 e. The molecule has 2 aliphatic rings. The number of carbonyl (C=O) groups excluding carboxylic acids is 3. The second-order valence-corrected chi connectivity index (χ2v) is 8.89. The molecule has 4 rings (SSSR count). The van der Waals surface area contributed by atoms with Crippen LogP contribution in [0.5, 0.6) is 5.75 Å². The predicted octanol–water partition coefficient (Wildman–Crippen LogP) is 3.18. The number of carbonyl (C=O) groups is 3. The average molecular weight is 443 g/mol. The molecule has 0 spiro atoms. The molecule has 0 aliphatic carbocycles. The summed E-state index contributed by atoms with van der Waals surface area (Å²) >= 11 is 1.43. The predicted molar refractivity (Wildman–Crippen MR) is 117 cm³/mol. The first kappa shape index (κ1) is 21.4. The molecule has 1 unspecified atom stereocenters. The number of likely N-dealkylation sites (N-methyl/N-ethyl adjacent to an activating group) is 1. The van der Waals surface area contributed by atoms with Crippen LogP contribution in [0.2, 0.25) is 0 Å². The summed E-state index contributed by atoms with van der Waals surface area (Å²) in [5, 5.41) is 0. The highest BCUT2D eigenvalue weighted by Crippen LogP contribution is 2.42. The van der Waals surface area contributed by atoms with Gasteiger partial charge in [-0.05, 0) is 38.0 Å². The Balaban J connectivity index is 1.41. The standard InChI is InChI=1S/C23H26N2O5S/c1-3-29-23(28)15-7-6-10-25(12-15)20(26)13-24(2)22(27)19-11-16-14-30-18-9-5-4-8-17(18)21(16)31-19/h4-5,8-9,11,15H,3,6-7,10,12-14H2,1-2H3. The molecule has 1 aromatic heterocycles. The Labute approximate surface area is 185 Å². The van der Waals surface area contributed by atoms with Gasteiger partial charge >= 0.3 is 5.97 Å². The number of piperidine rings is 1. The minimum atomic E-state index is -0.289. The van der Waals surface area contributed by atoms with Crippen molar-refractivity contribution in [2.45, 2.75) is 26.4 Å². The van der Waals surface area contributed by atoms with Gasteiger partial charge in [0.1, 0.15) is 12.4 Å². The van der Waals surface area contributed by atoms with E-state index in [1.165, 1.54) is 16.2 Å². The fourth-order valence-corrected chi connectivity index (χ4v) is 5.22.